The monoisotopic (exact) mass is 1420 g/mol. The van der Waals surface area contributed by atoms with E-state index >= 15 is 0 Å². The minimum Gasteiger partial charge on any atom is -0.481 e. The molecule has 0 radical (unpaired) electrons. The van der Waals surface area contributed by atoms with Crippen molar-refractivity contribution in [3.8, 4) is 0 Å². The Morgan fingerprint density at radius 3 is 0.889 bits per heavy atom. The van der Waals surface area contributed by atoms with Crippen LogP contribution in [-0.4, -0.2) is 224 Å². The molecule has 0 rings (SSSR count). The predicted molar refractivity (Wildman–Crippen MR) is 354 cm³/mol. The maximum absolute atomic E-state index is 12.6. The van der Waals surface area contributed by atoms with Crippen LogP contribution < -0.4 is 21.3 Å². The molecule has 0 bridgehead atoms. The number of hydrogen-bond donors (Lipinski definition) is 10. The van der Waals surface area contributed by atoms with Gasteiger partial charge in [0.25, 0.3) is 0 Å². The van der Waals surface area contributed by atoms with E-state index in [-0.39, 0.29) is 199 Å². The molecule has 0 aliphatic heterocycles. The molecule has 0 aromatic carbocycles. The van der Waals surface area contributed by atoms with E-state index in [0.29, 0.717) is 6.42 Å². The first-order chi connectivity index (χ1) is 47.2. The Kier molecular flexibility index (Phi) is 55.3. The van der Waals surface area contributed by atoms with Crippen LogP contribution in [-0.2, 0) is 100 Å². The number of amides is 4. The van der Waals surface area contributed by atoms with Crippen LogP contribution in [0.5, 0.6) is 0 Å². The molecular formula is C68H112N4O27. The zero-order valence-electron chi connectivity index (χ0n) is 58.0. The Hall–Kier alpha value is -7.19. The van der Waals surface area contributed by atoms with Crippen LogP contribution in [0.25, 0.3) is 0 Å². The second-order valence-electron chi connectivity index (χ2n) is 24.8. The average Bonchev–Trinajstić information content (AvgIpc) is 2.93. The lowest BCUT2D eigenvalue weighted by Crippen LogP contribution is -2.42. The molecule has 0 aliphatic carbocycles. The first-order valence-electron chi connectivity index (χ1n) is 34.7. The molecule has 4 amide bonds. The van der Waals surface area contributed by atoms with E-state index in [1.807, 2.05) is 0 Å². The molecule has 31 nitrogen and oxygen atoms in total. The lowest BCUT2D eigenvalue weighted by atomic mass is 9.93. The largest absolute Gasteiger partial charge is 0.481 e. The lowest BCUT2D eigenvalue weighted by molar-refractivity contribution is -0.145. The fourth-order valence-electron chi connectivity index (χ4n) is 9.94. The van der Waals surface area contributed by atoms with E-state index in [0.717, 1.165) is 57.8 Å². The van der Waals surface area contributed by atoms with Crippen molar-refractivity contribution in [3.63, 3.8) is 0 Å². The standard InChI is InChI=1S/C68H112N4O27/c1-48(2)58(77)24-19-49(64(84)85)42-54(74)45-97-38-35-94-32-29-69-59(78)25-20-51(66(88)89)43-55(75)46-98-39-36-95-33-30-70-60(79)26-21-52(67(90)91)44-56(76)47-99-40-37-96-34-31-71-61(80)28-23-57(68(92)93)72-62(81)27-22-50(65(86)87)41-53(73)17-15-13-11-9-7-5-3-4-6-8-10-12-14-16-18-63(82)83/h48-52,57H,3-47H2,1-2H3,(H,69,78)(H,70,79)(H,71,80)(H,72,81)(H,82,83)(H,84,85)(H,86,87)(H,88,89)(H,90,91)(H,92,93)/t49-,50-,51-,52-,57+/m1/s1. The third-order valence-electron chi connectivity index (χ3n) is 15.8. The van der Waals surface area contributed by atoms with Crippen LogP contribution in [0.3, 0.4) is 0 Å². The average molecular weight is 1420 g/mol. The van der Waals surface area contributed by atoms with Crippen LogP contribution in [0, 0.1) is 29.6 Å². The van der Waals surface area contributed by atoms with Gasteiger partial charge >= 0.3 is 35.8 Å². The van der Waals surface area contributed by atoms with Crippen molar-refractivity contribution < 1.29 is 131 Å². The summed E-state index contributed by atoms with van der Waals surface area (Å²) in [5.41, 5.74) is 0. The number of unbranched alkanes of at least 4 members (excludes halogenated alkanes) is 13. The molecule has 0 aliphatic rings. The van der Waals surface area contributed by atoms with Crippen LogP contribution in [0.4, 0.5) is 0 Å². The summed E-state index contributed by atoms with van der Waals surface area (Å²) in [5, 5.41) is 66.6. The van der Waals surface area contributed by atoms with Gasteiger partial charge in [-0.3, -0.25) is 67.1 Å². The van der Waals surface area contributed by atoms with Gasteiger partial charge in [0.1, 0.15) is 37.4 Å². The number of Topliss-reactive ketones (excluding diaryl/α,β-unsaturated/α-hetero) is 5. The SMILES string of the molecule is CC(C)C(=O)CC[C@H](CC(=O)COCCOCCNC(=O)CC[C@H](CC(=O)COCCOCCNC(=O)CC[C@H](CC(=O)COCCOCCNC(=O)CC[C@H](NC(=O)CC[C@H](CC(=O)CCCCCCCCCCCCCCCCC(=O)O)C(=O)O)C(=O)O)C(=O)O)C(=O)O)C(=O)O. The van der Waals surface area contributed by atoms with Gasteiger partial charge in [-0.05, 0) is 44.9 Å². The summed E-state index contributed by atoms with van der Waals surface area (Å²) in [4.78, 5) is 181. The number of ketones is 5. The third-order valence-corrected chi connectivity index (χ3v) is 15.8. The molecule has 31 heteroatoms. The Bertz CT molecular complexity index is 2440. The number of carboxylic acids is 6. The van der Waals surface area contributed by atoms with Gasteiger partial charge in [0.2, 0.25) is 23.6 Å². The van der Waals surface area contributed by atoms with Crippen LogP contribution in [0.1, 0.15) is 206 Å². The smallest absolute Gasteiger partial charge is 0.326 e. The van der Waals surface area contributed by atoms with Crippen molar-refractivity contribution in [2.75, 3.05) is 98.9 Å². The maximum atomic E-state index is 12.6. The molecular weight excluding hydrogens is 1300 g/mol. The summed E-state index contributed by atoms with van der Waals surface area (Å²) in [6, 6.07) is -1.43. The van der Waals surface area contributed by atoms with Crippen LogP contribution >= 0.6 is 0 Å². The van der Waals surface area contributed by atoms with E-state index in [2.05, 4.69) is 21.3 Å². The number of rotatable bonds is 71. The van der Waals surface area contributed by atoms with Crippen molar-refractivity contribution in [2.24, 2.45) is 29.6 Å². The topological polar surface area (TPSA) is 481 Å². The Morgan fingerprint density at radius 2 is 0.576 bits per heavy atom. The number of ether oxygens (including phenoxy) is 6. The summed E-state index contributed by atoms with van der Waals surface area (Å²) in [5.74, 6) is -15.7. The van der Waals surface area contributed by atoms with Gasteiger partial charge in [0.05, 0.1) is 83.1 Å². The van der Waals surface area contributed by atoms with Gasteiger partial charge in [-0.15, -0.1) is 0 Å². The highest BCUT2D eigenvalue weighted by atomic mass is 16.5. The summed E-state index contributed by atoms with van der Waals surface area (Å²) in [6.07, 6.45) is 12.0. The summed E-state index contributed by atoms with van der Waals surface area (Å²) < 4.78 is 31.9. The normalized spacial score (nSPS) is 12.7. The van der Waals surface area contributed by atoms with Gasteiger partial charge in [-0.25, -0.2) is 4.79 Å². The fraction of sp³-hybridized carbons (Fsp3) is 0.779. The maximum Gasteiger partial charge on any atom is 0.326 e. The Morgan fingerprint density at radius 1 is 0.293 bits per heavy atom. The second kappa shape index (κ2) is 59.7. The first kappa shape index (κ1) is 91.8. The molecule has 10 N–H and O–H groups in total. The number of hydrogen-bond acceptors (Lipinski definition) is 21. The number of carbonyl (C=O) groups is 15. The fourth-order valence-corrected chi connectivity index (χ4v) is 9.94. The van der Waals surface area contributed by atoms with Gasteiger partial charge in [-0.2, -0.15) is 0 Å². The van der Waals surface area contributed by atoms with Gasteiger partial charge < -0.3 is 80.3 Å². The Labute approximate surface area is 579 Å². The molecule has 99 heavy (non-hydrogen) atoms. The zero-order chi connectivity index (χ0) is 74.0. The molecule has 0 saturated heterocycles. The molecule has 0 unspecified atom stereocenters. The number of carboxylic acid groups (broad SMARTS) is 6. The predicted octanol–water partition coefficient (Wildman–Crippen LogP) is 5.10. The number of aliphatic carboxylic acids is 6. The third kappa shape index (κ3) is 55.3. The van der Waals surface area contributed by atoms with Gasteiger partial charge in [-0.1, -0.05) is 90.9 Å². The van der Waals surface area contributed by atoms with E-state index in [1.54, 1.807) is 13.8 Å². The van der Waals surface area contributed by atoms with Crippen molar-refractivity contribution in [1.29, 1.82) is 0 Å². The molecule has 0 heterocycles. The molecule has 0 saturated carbocycles. The quantitative estimate of drug-likeness (QED) is 0.0354. The highest BCUT2D eigenvalue weighted by Crippen LogP contribution is 2.20. The van der Waals surface area contributed by atoms with E-state index < -0.39 is 126 Å². The highest BCUT2D eigenvalue weighted by Gasteiger charge is 2.28. The number of nitrogens with one attached hydrogen (secondary N) is 4. The van der Waals surface area contributed by atoms with Crippen molar-refractivity contribution in [3.05, 3.63) is 0 Å². The van der Waals surface area contributed by atoms with Gasteiger partial charge in [0.15, 0.2) is 17.3 Å². The molecule has 0 spiro atoms. The van der Waals surface area contributed by atoms with E-state index in [4.69, 9.17) is 33.5 Å². The highest BCUT2D eigenvalue weighted by molar-refractivity contribution is 5.88. The second-order valence-corrected chi connectivity index (χ2v) is 24.8. The molecule has 0 aromatic rings. The lowest BCUT2D eigenvalue weighted by Gasteiger charge is -2.16. The minimum atomic E-state index is -1.43. The molecule has 0 aromatic heterocycles. The van der Waals surface area contributed by atoms with E-state index in [9.17, 15) is 97.5 Å². The Balaban J connectivity index is 4.17. The summed E-state index contributed by atoms with van der Waals surface area (Å²) >= 11 is 0. The molecule has 566 valence electrons. The zero-order valence-corrected chi connectivity index (χ0v) is 58.0. The first-order valence-corrected chi connectivity index (χ1v) is 34.7. The van der Waals surface area contributed by atoms with Crippen LogP contribution in [0.15, 0.2) is 0 Å². The summed E-state index contributed by atoms with van der Waals surface area (Å²) in [6.45, 7) is 2.59. The summed E-state index contributed by atoms with van der Waals surface area (Å²) in [7, 11) is 0. The molecule has 5 atom stereocenters. The van der Waals surface area contributed by atoms with Crippen molar-refractivity contribution in [2.45, 2.75) is 213 Å². The van der Waals surface area contributed by atoms with Crippen LogP contribution in [0.2, 0.25) is 0 Å². The minimum absolute atomic E-state index is 0.00217. The molecule has 0 fully saturated rings. The van der Waals surface area contributed by atoms with E-state index in [1.165, 1.54) is 25.7 Å². The number of carbonyl (C=O) groups excluding carboxylic acids is 9. The van der Waals surface area contributed by atoms with Crippen molar-refractivity contribution >= 4 is 88.4 Å². The van der Waals surface area contributed by atoms with Gasteiger partial charge in [0, 0.05) is 96.2 Å². The van der Waals surface area contributed by atoms with Crippen molar-refractivity contribution in [1.82, 2.24) is 21.3 Å².